The molecule has 0 aromatic carbocycles. The van der Waals surface area contributed by atoms with E-state index in [2.05, 4.69) is 13.2 Å². The Labute approximate surface area is 118 Å². The summed E-state index contributed by atoms with van der Waals surface area (Å²) in [7, 11) is 0. The number of aliphatic hydroxyl groups is 2. The molecule has 118 valence electrons. The van der Waals surface area contributed by atoms with Gasteiger partial charge in [-0.2, -0.15) is 0 Å². The Morgan fingerprint density at radius 2 is 1.10 bits per heavy atom. The van der Waals surface area contributed by atoms with Gasteiger partial charge in [-0.05, 0) is 25.2 Å². The number of nitrogens with one attached hydrogen (secondary N) is 2. The van der Waals surface area contributed by atoms with Crippen molar-refractivity contribution in [2.45, 2.75) is 25.7 Å². The van der Waals surface area contributed by atoms with Crippen molar-refractivity contribution in [3.05, 3.63) is 25.6 Å². The van der Waals surface area contributed by atoms with Crippen LogP contribution in [0.25, 0.3) is 0 Å². The molecule has 2 amide bonds. The standard InChI is InChI=1S/C6H14O2.2C3H5NO2/c7-5-3-1-2-4-6-8;2*1-2-4-3(5)6/h7-8H,1-6H2;2*2,4H,1H2,(H,5,6). The first-order valence-electron chi connectivity index (χ1n) is 5.88. The van der Waals surface area contributed by atoms with Gasteiger partial charge in [0.2, 0.25) is 0 Å². The summed E-state index contributed by atoms with van der Waals surface area (Å²) in [5.41, 5.74) is 0. The molecule has 0 aliphatic carbocycles. The van der Waals surface area contributed by atoms with Crippen molar-refractivity contribution in [2.75, 3.05) is 13.2 Å². The highest BCUT2D eigenvalue weighted by molar-refractivity contribution is 5.65. The number of amides is 2. The minimum Gasteiger partial charge on any atom is -0.465 e. The van der Waals surface area contributed by atoms with E-state index in [1.54, 1.807) is 0 Å². The van der Waals surface area contributed by atoms with Crippen LogP contribution in [0.2, 0.25) is 0 Å². The summed E-state index contributed by atoms with van der Waals surface area (Å²) in [6.07, 6.45) is 3.87. The van der Waals surface area contributed by atoms with Gasteiger partial charge in [-0.15, -0.1) is 0 Å². The van der Waals surface area contributed by atoms with Gasteiger partial charge >= 0.3 is 12.2 Å². The lowest BCUT2D eigenvalue weighted by Crippen LogP contribution is -2.11. The third kappa shape index (κ3) is 44.5. The second-order valence-electron chi connectivity index (χ2n) is 3.17. The molecular formula is C12H24N2O6. The number of hydrogen-bond acceptors (Lipinski definition) is 4. The molecule has 20 heavy (non-hydrogen) atoms. The highest BCUT2D eigenvalue weighted by Crippen LogP contribution is 1.96. The van der Waals surface area contributed by atoms with Crippen molar-refractivity contribution in [1.29, 1.82) is 0 Å². The summed E-state index contributed by atoms with van der Waals surface area (Å²) in [5, 5.41) is 35.8. The normalized spacial score (nSPS) is 7.90. The molecule has 0 heterocycles. The number of rotatable bonds is 7. The average molecular weight is 292 g/mol. The maximum Gasteiger partial charge on any atom is 0.408 e. The summed E-state index contributed by atoms with van der Waals surface area (Å²) >= 11 is 0. The van der Waals surface area contributed by atoms with Gasteiger partial charge in [0.25, 0.3) is 0 Å². The molecule has 8 nitrogen and oxygen atoms in total. The lowest BCUT2D eigenvalue weighted by Gasteiger charge is -1.93. The molecule has 0 spiro atoms. The van der Waals surface area contributed by atoms with Crippen LogP contribution in [0.4, 0.5) is 9.59 Å². The number of carbonyl (C=O) groups is 2. The minimum atomic E-state index is -1.08. The topological polar surface area (TPSA) is 139 Å². The lowest BCUT2D eigenvalue weighted by molar-refractivity contribution is 0.197. The fourth-order valence-electron chi connectivity index (χ4n) is 0.752. The second-order valence-corrected chi connectivity index (χ2v) is 3.17. The molecule has 0 saturated heterocycles. The third-order valence-electron chi connectivity index (χ3n) is 1.52. The van der Waals surface area contributed by atoms with Crippen LogP contribution in [-0.4, -0.2) is 45.8 Å². The molecule has 6 N–H and O–H groups in total. The molecule has 0 rings (SSSR count). The van der Waals surface area contributed by atoms with Crippen molar-refractivity contribution >= 4 is 12.2 Å². The summed E-state index contributed by atoms with van der Waals surface area (Å²) in [5.74, 6) is 0. The smallest absolute Gasteiger partial charge is 0.408 e. The van der Waals surface area contributed by atoms with Crippen LogP contribution in [-0.2, 0) is 0 Å². The summed E-state index contributed by atoms with van der Waals surface area (Å²) in [4.78, 5) is 18.8. The first-order chi connectivity index (χ1) is 9.45. The summed E-state index contributed by atoms with van der Waals surface area (Å²) in [6.45, 7) is 6.78. The molecule has 0 saturated carbocycles. The van der Waals surface area contributed by atoms with Gasteiger partial charge in [0.15, 0.2) is 0 Å². The van der Waals surface area contributed by atoms with Crippen LogP contribution in [0.5, 0.6) is 0 Å². The van der Waals surface area contributed by atoms with Gasteiger partial charge in [-0.1, -0.05) is 26.0 Å². The number of unbranched alkanes of at least 4 members (excludes halogenated alkanes) is 3. The highest BCUT2D eigenvalue weighted by Gasteiger charge is 1.84. The van der Waals surface area contributed by atoms with Gasteiger partial charge < -0.3 is 20.4 Å². The first kappa shape index (κ1) is 23.1. The average Bonchev–Trinajstić information content (AvgIpc) is 2.36. The molecule has 0 unspecified atom stereocenters. The Bertz CT molecular complexity index is 232. The van der Waals surface area contributed by atoms with Gasteiger partial charge in [-0.25, -0.2) is 9.59 Å². The Morgan fingerprint density at radius 1 is 0.800 bits per heavy atom. The minimum absolute atomic E-state index is 0.283. The molecular weight excluding hydrogens is 268 g/mol. The zero-order chi connectivity index (χ0) is 16.2. The van der Waals surface area contributed by atoms with Gasteiger partial charge in [0.05, 0.1) is 0 Å². The Kier molecular flexibility index (Phi) is 25.5. The lowest BCUT2D eigenvalue weighted by atomic mass is 10.2. The molecule has 8 heteroatoms. The zero-order valence-electron chi connectivity index (χ0n) is 11.4. The van der Waals surface area contributed by atoms with E-state index < -0.39 is 12.2 Å². The SMILES string of the molecule is C=CNC(=O)O.C=CNC(=O)O.OCCCCCCO. The molecule has 0 bridgehead atoms. The Balaban J connectivity index is -0.000000221. The molecule has 0 aliphatic rings. The fraction of sp³-hybridized carbons (Fsp3) is 0.500. The quantitative estimate of drug-likeness (QED) is 0.391. The molecule has 0 aliphatic heterocycles. The Hall–Kier alpha value is -2.06. The van der Waals surface area contributed by atoms with Crippen LogP contribution >= 0.6 is 0 Å². The molecule has 0 radical (unpaired) electrons. The fourth-order valence-corrected chi connectivity index (χ4v) is 0.752. The molecule has 0 atom stereocenters. The van der Waals surface area contributed by atoms with Gasteiger partial charge in [0, 0.05) is 13.2 Å². The number of carboxylic acid groups (broad SMARTS) is 2. The summed E-state index contributed by atoms with van der Waals surface area (Å²) in [6, 6.07) is 0. The van der Waals surface area contributed by atoms with Crippen molar-refractivity contribution < 1.29 is 30.0 Å². The van der Waals surface area contributed by atoms with Crippen molar-refractivity contribution in [1.82, 2.24) is 10.6 Å². The van der Waals surface area contributed by atoms with E-state index in [1.165, 1.54) is 0 Å². The predicted molar refractivity (Wildman–Crippen MR) is 75.4 cm³/mol. The highest BCUT2D eigenvalue weighted by atomic mass is 16.4. The summed E-state index contributed by atoms with van der Waals surface area (Å²) < 4.78 is 0. The van der Waals surface area contributed by atoms with Crippen molar-refractivity contribution in [3.8, 4) is 0 Å². The van der Waals surface area contributed by atoms with E-state index in [0.717, 1.165) is 38.1 Å². The maximum atomic E-state index is 9.42. The molecule has 0 aromatic heterocycles. The van der Waals surface area contributed by atoms with Gasteiger partial charge in [-0.3, -0.25) is 10.6 Å². The van der Waals surface area contributed by atoms with Crippen molar-refractivity contribution in [3.63, 3.8) is 0 Å². The molecule has 0 fully saturated rings. The van der Waals surface area contributed by atoms with Crippen LogP contribution in [0.3, 0.4) is 0 Å². The van der Waals surface area contributed by atoms with Crippen LogP contribution < -0.4 is 10.6 Å². The van der Waals surface area contributed by atoms with Gasteiger partial charge in [0.1, 0.15) is 0 Å². The Morgan fingerprint density at radius 3 is 1.20 bits per heavy atom. The monoisotopic (exact) mass is 292 g/mol. The number of hydrogen-bond donors (Lipinski definition) is 6. The van der Waals surface area contributed by atoms with Crippen LogP contribution in [0, 0.1) is 0 Å². The van der Waals surface area contributed by atoms with Crippen molar-refractivity contribution in [2.24, 2.45) is 0 Å². The van der Waals surface area contributed by atoms with E-state index in [1.807, 2.05) is 10.6 Å². The van der Waals surface area contributed by atoms with E-state index in [0.29, 0.717) is 0 Å². The third-order valence-corrected chi connectivity index (χ3v) is 1.52. The van der Waals surface area contributed by atoms with E-state index >= 15 is 0 Å². The van der Waals surface area contributed by atoms with Crippen LogP contribution in [0.1, 0.15) is 25.7 Å². The van der Waals surface area contributed by atoms with E-state index in [4.69, 9.17) is 20.4 Å². The van der Waals surface area contributed by atoms with Crippen LogP contribution in [0.15, 0.2) is 25.6 Å². The zero-order valence-corrected chi connectivity index (χ0v) is 11.4. The van der Waals surface area contributed by atoms with E-state index in [9.17, 15) is 9.59 Å². The number of aliphatic hydroxyl groups excluding tert-OH is 2. The van der Waals surface area contributed by atoms with E-state index in [-0.39, 0.29) is 13.2 Å². The predicted octanol–water partition coefficient (Wildman–Crippen LogP) is 1.33. The second kappa shape index (κ2) is 22.1. The largest absolute Gasteiger partial charge is 0.465 e. The first-order valence-corrected chi connectivity index (χ1v) is 5.88. The maximum absolute atomic E-state index is 9.42. The molecule has 0 aromatic rings.